The van der Waals surface area contributed by atoms with Crippen molar-refractivity contribution in [3.05, 3.63) is 81.6 Å². The number of imide groups is 2. The molecule has 1 aromatic heterocycles. The van der Waals surface area contributed by atoms with Crippen LogP contribution in [0.4, 0.5) is 18.9 Å². The van der Waals surface area contributed by atoms with Gasteiger partial charge < -0.3 is 5.32 Å². The fourth-order valence-corrected chi connectivity index (χ4v) is 6.79. The number of nitrogens with one attached hydrogen (secondary N) is 2. The van der Waals surface area contributed by atoms with E-state index in [1.54, 1.807) is 23.0 Å². The second-order valence-electron chi connectivity index (χ2n) is 12.7. The van der Waals surface area contributed by atoms with E-state index in [4.69, 9.17) is 11.6 Å². The van der Waals surface area contributed by atoms with Gasteiger partial charge in [-0.3, -0.25) is 43.8 Å². The second kappa shape index (κ2) is 12.2. The van der Waals surface area contributed by atoms with E-state index in [1.807, 2.05) is 6.20 Å². The molecule has 4 aliphatic rings. The van der Waals surface area contributed by atoms with Crippen molar-refractivity contribution in [3.63, 3.8) is 0 Å². The molecule has 4 heterocycles. The number of carbonyl (C=O) groups excluding carboxylic acids is 5. The topological polar surface area (TPSA) is 134 Å². The number of alkyl halides is 3. The highest BCUT2D eigenvalue weighted by Crippen LogP contribution is 2.41. The van der Waals surface area contributed by atoms with Crippen molar-refractivity contribution >= 4 is 46.8 Å². The summed E-state index contributed by atoms with van der Waals surface area (Å²) in [5, 5.41) is 9.12. The van der Waals surface area contributed by atoms with Gasteiger partial charge >= 0.3 is 6.18 Å². The van der Waals surface area contributed by atoms with Crippen molar-refractivity contribution in [2.45, 2.75) is 56.4 Å². The molecule has 1 aliphatic carbocycles. The highest BCUT2D eigenvalue weighted by Gasteiger charge is 2.47. The first-order chi connectivity index (χ1) is 23.3. The predicted octanol–water partition coefficient (Wildman–Crippen LogP) is 3.96. The van der Waals surface area contributed by atoms with Crippen molar-refractivity contribution in [2.75, 3.05) is 18.4 Å². The minimum absolute atomic E-state index is 0.0452. The molecule has 0 radical (unpaired) electrons. The summed E-state index contributed by atoms with van der Waals surface area (Å²) in [5.74, 6) is 3.71. The lowest BCUT2D eigenvalue weighted by atomic mass is 9.76. The lowest BCUT2D eigenvalue weighted by Gasteiger charge is -2.40. The highest BCUT2D eigenvalue weighted by atomic mass is 35.5. The van der Waals surface area contributed by atoms with E-state index < -0.39 is 52.9 Å². The van der Waals surface area contributed by atoms with Crippen LogP contribution >= 0.6 is 11.6 Å². The lowest BCUT2D eigenvalue weighted by Crippen LogP contribution is -2.54. The molecule has 11 nitrogen and oxygen atoms in total. The van der Waals surface area contributed by atoms with E-state index in [1.165, 1.54) is 6.07 Å². The zero-order valence-electron chi connectivity index (χ0n) is 25.8. The van der Waals surface area contributed by atoms with Gasteiger partial charge in [0.15, 0.2) is 0 Å². The van der Waals surface area contributed by atoms with Crippen LogP contribution in [0.15, 0.2) is 48.8 Å². The van der Waals surface area contributed by atoms with Crippen LogP contribution in [0.1, 0.15) is 69.5 Å². The molecule has 5 amide bonds. The van der Waals surface area contributed by atoms with Crippen molar-refractivity contribution in [3.8, 4) is 11.8 Å². The van der Waals surface area contributed by atoms with Crippen LogP contribution in [0.3, 0.4) is 0 Å². The van der Waals surface area contributed by atoms with E-state index in [0.29, 0.717) is 38.0 Å². The lowest BCUT2D eigenvalue weighted by molar-refractivity contribution is -0.138. The Labute approximate surface area is 282 Å². The molecular formula is C34H28ClF3N6O5. The number of nitrogens with zero attached hydrogens (tertiary/aromatic N) is 4. The normalized spacial score (nSPS) is 20.6. The minimum atomic E-state index is -4.55. The van der Waals surface area contributed by atoms with Gasteiger partial charge in [-0.1, -0.05) is 23.4 Å². The number of rotatable bonds is 6. The molecule has 2 saturated heterocycles. The van der Waals surface area contributed by atoms with Crippen molar-refractivity contribution in [1.82, 2.24) is 24.9 Å². The Morgan fingerprint density at radius 3 is 2.49 bits per heavy atom. The number of likely N-dealkylation sites (tertiary alicyclic amines) is 1. The van der Waals surface area contributed by atoms with E-state index >= 15 is 0 Å². The zero-order valence-corrected chi connectivity index (χ0v) is 26.5. The molecule has 1 unspecified atom stereocenters. The van der Waals surface area contributed by atoms with Gasteiger partial charge in [0, 0.05) is 49.3 Å². The monoisotopic (exact) mass is 692 g/mol. The van der Waals surface area contributed by atoms with Crippen molar-refractivity contribution in [1.29, 1.82) is 0 Å². The van der Waals surface area contributed by atoms with Crippen LogP contribution in [0.2, 0.25) is 5.02 Å². The molecule has 1 saturated carbocycles. The maximum Gasteiger partial charge on any atom is 0.416 e. The van der Waals surface area contributed by atoms with Crippen molar-refractivity contribution in [2.24, 2.45) is 5.92 Å². The Balaban J connectivity index is 0.948. The quantitative estimate of drug-likeness (QED) is 0.295. The van der Waals surface area contributed by atoms with Crippen LogP contribution in [0, 0.1) is 17.8 Å². The maximum absolute atomic E-state index is 13.3. The molecule has 15 heteroatoms. The first kappa shape index (κ1) is 32.5. The van der Waals surface area contributed by atoms with Crippen molar-refractivity contribution < 1.29 is 37.1 Å². The number of amides is 5. The molecule has 0 spiro atoms. The molecule has 252 valence electrons. The SMILES string of the molecule is O=C1CCC(N2C(=O)c3ccc(C#CC4CN(Cc5cnn(C6(C(=O)Nc7ccc(C(F)(F)F)cc7Cl)CCC6)c5)C4)cc3C2=O)C(=O)N1. The molecule has 3 aliphatic heterocycles. The van der Waals surface area contributed by atoms with Crippen LogP contribution in [-0.4, -0.2) is 68.2 Å². The molecule has 1 atom stereocenters. The Kier molecular flexibility index (Phi) is 8.07. The smallest absolute Gasteiger partial charge is 0.323 e. The Bertz CT molecular complexity index is 1990. The van der Waals surface area contributed by atoms with Gasteiger partial charge in [-0.2, -0.15) is 18.3 Å². The largest absolute Gasteiger partial charge is 0.416 e. The number of hydrogen-bond acceptors (Lipinski definition) is 7. The Morgan fingerprint density at radius 1 is 1.06 bits per heavy atom. The number of halogens is 4. The summed E-state index contributed by atoms with van der Waals surface area (Å²) in [6.45, 7) is 1.94. The van der Waals surface area contributed by atoms with Gasteiger partial charge in [0.2, 0.25) is 11.8 Å². The third-order valence-electron chi connectivity index (χ3n) is 9.45. The van der Waals surface area contributed by atoms with Gasteiger partial charge in [0.1, 0.15) is 11.6 Å². The number of hydrogen-bond donors (Lipinski definition) is 2. The third-order valence-corrected chi connectivity index (χ3v) is 9.76. The summed E-state index contributed by atoms with van der Waals surface area (Å²) in [5.41, 5.74) is 0.0529. The molecule has 3 aromatic rings. The number of carbonyl (C=O) groups is 5. The van der Waals surface area contributed by atoms with Crippen LogP contribution in [0.5, 0.6) is 0 Å². The maximum atomic E-state index is 13.3. The zero-order chi connectivity index (χ0) is 34.7. The molecule has 7 rings (SSSR count). The average Bonchev–Trinajstić information content (AvgIpc) is 3.56. The van der Waals surface area contributed by atoms with Crippen LogP contribution in [-0.2, 0) is 32.6 Å². The van der Waals surface area contributed by atoms with E-state index in [-0.39, 0.29) is 40.6 Å². The number of piperidine rings is 1. The van der Waals surface area contributed by atoms with E-state index in [0.717, 1.165) is 35.1 Å². The molecule has 2 aromatic carbocycles. The fraction of sp³-hybridized carbons (Fsp3) is 0.353. The van der Waals surface area contributed by atoms with Gasteiger partial charge in [0.05, 0.1) is 33.6 Å². The molecule has 2 N–H and O–H groups in total. The number of benzene rings is 2. The van der Waals surface area contributed by atoms with Gasteiger partial charge in [-0.25, -0.2) is 0 Å². The van der Waals surface area contributed by atoms with Crippen LogP contribution in [0.25, 0.3) is 0 Å². The summed E-state index contributed by atoms with van der Waals surface area (Å²) >= 11 is 6.06. The standard InChI is InChI=1S/C34H28ClF3N6O5/c35-25-13-22(34(36,37)38)5-7-26(25)40-32(49)33(10-1-11-33)43-18-21(14-39-43)17-42-15-20(16-42)3-2-19-4-6-23-24(12-19)31(48)44(30(23)47)27-8-9-28(45)41-29(27)46/h4-7,12-14,18,20,27H,1,8-11,15-17H2,(H,40,49)(H,41,45,46). The molecule has 3 fully saturated rings. The summed E-state index contributed by atoms with van der Waals surface area (Å²) in [6, 6.07) is 6.52. The summed E-state index contributed by atoms with van der Waals surface area (Å²) in [6.07, 6.45) is 0.929. The molecular weight excluding hydrogens is 665 g/mol. The predicted molar refractivity (Wildman–Crippen MR) is 168 cm³/mol. The molecule has 49 heavy (non-hydrogen) atoms. The summed E-state index contributed by atoms with van der Waals surface area (Å²) < 4.78 is 40.7. The van der Waals surface area contributed by atoms with Gasteiger partial charge in [0.25, 0.3) is 17.7 Å². The summed E-state index contributed by atoms with van der Waals surface area (Å²) in [7, 11) is 0. The first-order valence-corrected chi connectivity index (χ1v) is 16.0. The summed E-state index contributed by atoms with van der Waals surface area (Å²) in [4.78, 5) is 66.2. The van der Waals surface area contributed by atoms with E-state index in [9.17, 15) is 37.1 Å². The number of anilines is 1. The second-order valence-corrected chi connectivity index (χ2v) is 13.1. The minimum Gasteiger partial charge on any atom is -0.323 e. The highest BCUT2D eigenvalue weighted by molar-refractivity contribution is 6.33. The Hall–Kier alpha value is -5.00. The average molecular weight is 693 g/mol. The van der Waals surface area contributed by atoms with Crippen LogP contribution < -0.4 is 10.6 Å². The number of fused-ring (bicyclic) bond motifs is 1. The van der Waals surface area contributed by atoms with Gasteiger partial charge in [-0.15, -0.1) is 0 Å². The fourth-order valence-electron chi connectivity index (χ4n) is 6.56. The third kappa shape index (κ3) is 5.97. The van der Waals surface area contributed by atoms with E-state index in [2.05, 4.69) is 32.5 Å². The number of aromatic nitrogens is 2. The Morgan fingerprint density at radius 2 is 1.82 bits per heavy atom. The molecule has 0 bridgehead atoms. The first-order valence-electron chi connectivity index (χ1n) is 15.6. The van der Waals surface area contributed by atoms with Gasteiger partial charge in [-0.05, 0) is 62.1 Å².